The first-order chi connectivity index (χ1) is 11.7. The highest BCUT2D eigenvalue weighted by Crippen LogP contribution is 2.23. The van der Waals surface area contributed by atoms with E-state index in [9.17, 15) is 4.79 Å². The largest absolute Gasteiger partial charge is 0.497 e. The van der Waals surface area contributed by atoms with Gasteiger partial charge in [0.15, 0.2) is 5.69 Å². The summed E-state index contributed by atoms with van der Waals surface area (Å²) in [4.78, 5) is 16.5. The molecule has 0 spiro atoms. The van der Waals surface area contributed by atoms with Gasteiger partial charge in [0.25, 0.3) is 5.91 Å². The highest BCUT2D eigenvalue weighted by molar-refractivity contribution is 5.91. The van der Waals surface area contributed by atoms with Crippen LogP contribution in [0, 0.1) is 0 Å². The number of benzene rings is 1. The van der Waals surface area contributed by atoms with Gasteiger partial charge in [0, 0.05) is 12.6 Å². The van der Waals surface area contributed by atoms with E-state index in [1.165, 1.54) is 6.26 Å². The molecule has 1 saturated heterocycles. The summed E-state index contributed by atoms with van der Waals surface area (Å²) >= 11 is 0. The zero-order valence-corrected chi connectivity index (χ0v) is 13.8. The van der Waals surface area contributed by atoms with Crippen LogP contribution in [0.5, 0.6) is 11.5 Å². The molecule has 1 atom stereocenters. The fourth-order valence-corrected chi connectivity index (χ4v) is 2.69. The first-order valence-corrected chi connectivity index (χ1v) is 7.88. The van der Waals surface area contributed by atoms with E-state index in [1.54, 1.807) is 20.3 Å². The third-order valence-corrected chi connectivity index (χ3v) is 3.98. The van der Waals surface area contributed by atoms with Crippen LogP contribution in [0.1, 0.15) is 40.8 Å². The number of amides is 1. The van der Waals surface area contributed by atoms with Crippen LogP contribution in [0.15, 0.2) is 28.9 Å². The molecule has 1 amide bonds. The van der Waals surface area contributed by atoms with Gasteiger partial charge in [-0.3, -0.25) is 4.79 Å². The predicted octanol–water partition coefficient (Wildman–Crippen LogP) is 2.05. The van der Waals surface area contributed by atoms with Crippen molar-refractivity contribution in [2.45, 2.75) is 25.4 Å². The Kier molecular flexibility index (Phi) is 5.00. The topological polar surface area (TPSA) is 85.6 Å². The summed E-state index contributed by atoms with van der Waals surface area (Å²) in [5.41, 5.74) is 1.16. The van der Waals surface area contributed by atoms with Crippen LogP contribution < -0.4 is 20.1 Å². The van der Waals surface area contributed by atoms with Crippen molar-refractivity contribution >= 4 is 5.91 Å². The second kappa shape index (κ2) is 7.35. The van der Waals surface area contributed by atoms with Gasteiger partial charge in [-0.05, 0) is 37.1 Å². The Labute approximate surface area is 140 Å². The van der Waals surface area contributed by atoms with Crippen LogP contribution >= 0.6 is 0 Å². The molecule has 0 bridgehead atoms. The molecule has 1 aliphatic heterocycles. The van der Waals surface area contributed by atoms with Crippen molar-refractivity contribution in [2.24, 2.45) is 0 Å². The molecule has 1 aliphatic rings. The number of hydrogen-bond donors (Lipinski definition) is 2. The zero-order chi connectivity index (χ0) is 16.9. The van der Waals surface area contributed by atoms with E-state index >= 15 is 0 Å². The second-order valence-electron chi connectivity index (χ2n) is 5.62. The Balaban J connectivity index is 1.63. The number of nitrogens with zero attached hydrogens (tertiary/aromatic N) is 1. The highest BCUT2D eigenvalue weighted by atomic mass is 16.5. The monoisotopic (exact) mass is 331 g/mol. The second-order valence-corrected chi connectivity index (χ2v) is 5.62. The van der Waals surface area contributed by atoms with E-state index in [4.69, 9.17) is 13.9 Å². The molecular formula is C17H21N3O4. The quantitative estimate of drug-likeness (QED) is 0.842. The molecule has 0 saturated carbocycles. The molecule has 7 heteroatoms. The van der Waals surface area contributed by atoms with Crippen molar-refractivity contribution in [1.29, 1.82) is 0 Å². The van der Waals surface area contributed by atoms with Crippen molar-refractivity contribution in [3.8, 4) is 11.5 Å². The summed E-state index contributed by atoms with van der Waals surface area (Å²) in [6, 6.07) is 5.58. The molecule has 7 nitrogen and oxygen atoms in total. The lowest BCUT2D eigenvalue weighted by molar-refractivity contribution is 0.0945. The maximum atomic E-state index is 12.2. The number of hydrogen-bond acceptors (Lipinski definition) is 6. The standard InChI is InChI=1S/C17H21N3O4/c1-22-12-6-11(7-13(8-12)23-2)9-19-16(21)15-10-24-17(20-15)14-4-3-5-18-14/h6-8,10,14,18H,3-5,9H2,1-2H3,(H,19,21). The molecule has 0 aliphatic carbocycles. The summed E-state index contributed by atoms with van der Waals surface area (Å²) < 4.78 is 15.9. The number of carbonyl (C=O) groups is 1. The third-order valence-electron chi connectivity index (χ3n) is 3.98. The number of aromatic nitrogens is 1. The average molecular weight is 331 g/mol. The molecule has 0 radical (unpaired) electrons. The predicted molar refractivity (Wildman–Crippen MR) is 87.2 cm³/mol. The summed E-state index contributed by atoms with van der Waals surface area (Å²) in [7, 11) is 3.18. The van der Waals surface area contributed by atoms with Gasteiger partial charge >= 0.3 is 0 Å². The molecule has 128 valence electrons. The van der Waals surface area contributed by atoms with Gasteiger partial charge in [0.05, 0.1) is 20.3 Å². The fraction of sp³-hybridized carbons (Fsp3) is 0.412. The van der Waals surface area contributed by atoms with E-state index < -0.39 is 0 Å². The normalized spacial score (nSPS) is 16.8. The number of rotatable bonds is 6. The van der Waals surface area contributed by atoms with E-state index in [1.807, 2.05) is 12.1 Å². The summed E-state index contributed by atoms with van der Waals surface area (Å²) in [6.45, 7) is 1.29. The van der Waals surface area contributed by atoms with E-state index in [-0.39, 0.29) is 17.6 Å². The first-order valence-electron chi connectivity index (χ1n) is 7.88. The molecule has 2 aromatic rings. The Hall–Kier alpha value is -2.54. The zero-order valence-electron chi connectivity index (χ0n) is 13.8. The van der Waals surface area contributed by atoms with Gasteiger partial charge in [-0.2, -0.15) is 0 Å². The molecule has 1 fully saturated rings. The average Bonchev–Trinajstić information content (AvgIpc) is 3.30. The lowest BCUT2D eigenvalue weighted by atomic mass is 10.2. The van der Waals surface area contributed by atoms with Crippen molar-refractivity contribution in [3.63, 3.8) is 0 Å². The molecule has 1 unspecified atom stereocenters. The number of oxazole rings is 1. The maximum Gasteiger partial charge on any atom is 0.273 e. The molecular weight excluding hydrogens is 310 g/mol. The SMILES string of the molecule is COc1cc(CNC(=O)c2coc(C3CCCN3)n2)cc(OC)c1. The highest BCUT2D eigenvalue weighted by Gasteiger charge is 2.22. The van der Waals surface area contributed by atoms with Gasteiger partial charge < -0.3 is 24.5 Å². The van der Waals surface area contributed by atoms with Gasteiger partial charge in [-0.15, -0.1) is 0 Å². The lowest BCUT2D eigenvalue weighted by Crippen LogP contribution is -2.23. The van der Waals surface area contributed by atoms with Crippen LogP contribution in [0.3, 0.4) is 0 Å². The Morgan fingerprint density at radius 2 is 2.08 bits per heavy atom. The molecule has 3 rings (SSSR count). The molecule has 2 N–H and O–H groups in total. The van der Waals surface area contributed by atoms with E-state index in [0.29, 0.717) is 23.9 Å². The summed E-state index contributed by atoms with van der Waals surface area (Å²) in [5, 5.41) is 6.12. The van der Waals surface area contributed by atoms with Crippen molar-refractivity contribution in [1.82, 2.24) is 15.6 Å². The number of nitrogens with one attached hydrogen (secondary N) is 2. The Bertz CT molecular complexity index is 685. The minimum Gasteiger partial charge on any atom is -0.497 e. The lowest BCUT2D eigenvalue weighted by Gasteiger charge is -2.09. The first kappa shape index (κ1) is 16.3. The Morgan fingerprint density at radius 1 is 1.33 bits per heavy atom. The van der Waals surface area contributed by atoms with Crippen molar-refractivity contribution < 1.29 is 18.7 Å². The van der Waals surface area contributed by atoms with Crippen LogP contribution in [-0.4, -0.2) is 31.7 Å². The van der Waals surface area contributed by atoms with Crippen molar-refractivity contribution in [2.75, 3.05) is 20.8 Å². The van der Waals surface area contributed by atoms with Crippen LogP contribution in [0.4, 0.5) is 0 Å². The van der Waals surface area contributed by atoms with Crippen LogP contribution in [-0.2, 0) is 6.54 Å². The van der Waals surface area contributed by atoms with Gasteiger partial charge in [0.1, 0.15) is 17.8 Å². The minimum atomic E-state index is -0.273. The minimum absolute atomic E-state index is 0.106. The summed E-state index contributed by atoms with van der Waals surface area (Å²) in [6.07, 6.45) is 3.47. The van der Waals surface area contributed by atoms with E-state index in [2.05, 4.69) is 15.6 Å². The maximum absolute atomic E-state index is 12.2. The molecule has 2 heterocycles. The van der Waals surface area contributed by atoms with Crippen molar-refractivity contribution in [3.05, 3.63) is 41.6 Å². The Morgan fingerprint density at radius 3 is 2.71 bits per heavy atom. The van der Waals surface area contributed by atoms with Gasteiger partial charge in [-0.25, -0.2) is 4.98 Å². The third kappa shape index (κ3) is 3.68. The van der Waals surface area contributed by atoms with Crippen LogP contribution in [0.25, 0.3) is 0 Å². The number of carbonyl (C=O) groups excluding carboxylic acids is 1. The smallest absolute Gasteiger partial charge is 0.273 e. The van der Waals surface area contributed by atoms with Crippen LogP contribution in [0.2, 0.25) is 0 Å². The number of ether oxygens (including phenoxy) is 2. The summed E-state index contributed by atoms with van der Waals surface area (Å²) in [5.74, 6) is 1.65. The van der Waals surface area contributed by atoms with E-state index in [0.717, 1.165) is 24.9 Å². The molecule has 1 aromatic carbocycles. The molecule has 1 aromatic heterocycles. The van der Waals surface area contributed by atoms with Gasteiger partial charge in [-0.1, -0.05) is 0 Å². The molecule has 24 heavy (non-hydrogen) atoms. The number of methoxy groups -OCH3 is 2. The van der Waals surface area contributed by atoms with Gasteiger partial charge in [0.2, 0.25) is 5.89 Å². The fourth-order valence-electron chi connectivity index (χ4n) is 2.69.